The van der Waals surface area contributed by atoms with Crippen LogP contribution in [0.3, 0.4) is 0 Å². The summed E-state index contributed by atoms with van der Waals surface area (Å²) in [5.41, 5.74) is 0.800. The first-order chi connectivity index (χ1) is 10.1. The Bertz CT molecular complexity index is 443. The van der Waals surface area contributed by atoms with Gasteiger partial charge in [-0.1, -0.05) is 0 Å². The van der Waals surface area contributed by atoms with Gasteiger partial charge in [0.05, 0.1) is 13.2 Å². The highest BCUT2D eigenvalue weighted by molar-refractivity contribution is 5.41. The summed E-state index contributed by atoms with van der Waals surface area (Å²) in [6.45, 7) is 7.66. The third-order valence-electron chi connectivity index (χ3n) is 3.93. The van der Waals surface area contributed by atoms with Crippen LogP contribution in [0.1, 0.15) is 18.6 Å². The van der Waals surface area contributed by atoms with Gasteiger partial charge in [-0.3, -0.25) is 4.90 Å². The van der Waals surface area contributed by atoms with Crippen molar-refractivity contribution in [2.24, 2.45) is 0 Å². The first kappa shape index (κ1) is 16.1. The zero-order valence-electron chi connectivity index (χ0n) is 13.2. The van der Waals surface area contributed by atoms with Gasteiger partial charge in [-0.15, -0.1) is 0 Å². The average molecular weight is 294 g/mol. The third kappa shape index (κ3) is 4.59. The summed E-state index contributed by atoms with van der Waals surface area (Å²) in [5.74, 6) is 1.45. The lowest BCUT2D eigenvalue weighted by Crippen LogP contribution is -2.45. The van der Waals surface area contributed by atoms with Crippen LogP contribution in [0.2, 0.25) is 0 Å². The van der Waals surface area contributed by atoms with Crippen LogP contribution in [-0.4, -0.2) is 68.4 Å². The zero-order chi connectivity index (χ0) is 15.2. The molecule has 0 unspecified atom stereocenters. The molecule has 0 bridgehead atoms. The number of methoxy groups -OCH3 is 1. The van der Waals surface area contributed by atoms with E-state index in [1.54, 1.807) is 14.0 Å². The van der Waals surface area contributed by atoms with Crippen molar-refractivity contribution in [2.45, 2.75) is 13.0 Å². The molecule has 21 heavy (non-hydrogen) atoms. The van der Waals surface area contributed by atoms with Crippen molar-refractivity contribution in [3.8, 4) is 11.5 Å². The van der Waals surface area contributed by atoms with Crippen LogP contribution in [0.4, 0.5) is 0 Å². The highest BCUT2D eigenvalue weighted by atomic mass is 16.5. The number of hydrogen-bond donors (Lipinski definition) is 1. The molecule has 0 radical (unpaired) electrons. The summed E-state index contributed by atoms with van der Waals surface area (Å²) in [6, 6.07) is 5.54. The molecule has 5 heteroatoms. The first-order valence-corrected chi connectivity index (χ1v) is 7.50. The van der Waals surface area contributed by atoms with E-state index in [1.807, 2.05) is 18.2 Å². The number of hydrogen-bond acceptors (Lipinski definition) is 5. The van der Waals surface area contributed by atoms with Crippen molar-refractivity contribution in [1.29, 1.82) is 0 Å². The minimum absolute atomic E-state index is 0.547. The van der Waals surface area contributed by atoms with E-state index in [0.29, 0.717) is 12.4 Å². The molecule has 118 valence electrons. The highest BCUT2D eigenvalue weighted by Crippen LogP contribution is 2.29. The SMILES string of the molecule is COc1ccc([C@H](C)O)c(OCCN2CCN(C)CC2)c1. The number of aliphatic hydroxyl groups is 1. The molecule has 1 N–H and O–H groups in total. The molecule has 0 aliphatic carbocycles. The van der Waals surface area contributed by atoms with E-state index in [-0.39, 0.29) is 0 Å². The van der Waals surface area contributed by atoms with Gasteiger partial charge in [-0.25, -0.2) is 0 Å². The van der Waals surface area contributed by atoms with Crippen LogP contribution in [0.15, 0.2) is 18.2 Å². The number of piperazine rings is 1. The summed E-state index contributed by atoms with van der Waals surface area (Å²) in [7, 11) is 3.78. The normalized spacial score (nSPS) is 18.5. The Morgan fingerprint density at radius 2 is 1.95 bits per heavy atom. The van der Waals surface area contributed by atoms with Crippen molar-refractivity contribution in [2.75, 3.05) is 53.5 Å². The van der Waals surface area contributed by atoms with Crippen LogP contribution in [0, 0.1) is 0 Å². The van der Waals surface area contributed by atoms with Crippen LogP contribution in [0.5, 0.6) is 11.5 Å². The monoisotopic (exact) mass is 294 g/mol. The molecule has 1 heterocycles. The topological polar surface area (TPSA) is 45.2 Å². The standard InChI is InChI=1S/C16H26N2O3/c1-13(19)15-5-4-14(20-3)12-16(15)21-11-10-18-8-6-17(2)7-9-18/h4-5,12-13,19H,6-11H2,1-3H3/t13-/m0/s1. The fourth-order valence-electron chi connectivity index (χ4n) is 2.47. The molecule has 0 amide bonds. The summed E-state index contributed by atoms with van der Waals surface area (Å²) in [5, 5.41) is 9.81. The second kappa shape index (κ2) is 7.64. The van der Waals surface area contributed by atoms with E-state index >= 15 is 0 Å². The quantitative estimate of drug-likeness (QED) is 0.858. The number of aliphatic hydroxyl groups excluding tert-OH is 1. The van der Waals surface area contributed by atoms with E-state index in [0.717, 1.165) is 44.0 Å². The minimum atomic E-state index is -0.547. The molecule has 1 aliphatic rings. The van der Waals surface area contributed by atoms with Crippen LogP contribution in [0.25, 0.3) is 0 Å². The maximum atomic E-state index is 9.81. The average Bonchev–Trinajstić information content (AvgIpc) is 2.49. The molecular weight excluding hydrogens is 268 g/mol. The van der Waals surface area contributed by atoms with E-state index in [9.17, 15) is 5.11 Å². The molecule has 1 fully saturated rings. The molecule has 0 aromatic heterocycles. The molecule has 0 spiro atoms. The van der Waals surface area contributed by atoms with Crippen molar-refractivity contribution in [3.05, 3.63) is 23.8 Å². The zero-order valence-corrected chi connectivity index (χ0v) is 13.2. The van der Waals surface area contributed by atoms with Gasteiger partial charge in [0, 0.05) is 44.4 Å². The van der Waals surface area contributed by atoms with E-state index in [1.165, 1.54) is 0 Å². The van der Waals surface area contributed by atoms with Crippen LogP contribution in [-0.2, 0) is 0 Å². The number of ether oxygens (including phenoxy) is 2. The van der Waals surface area contributed by atoms with Gasteiger partial charge in [0.25, 0.3) is 0 Å². The van der Waals surface area contributed by atoms with Gasteiger partial charge in [-0.05, 0) is 26.1 Å². The predicted molar refractivity (Wildman–Crippen MR) is 83.1 cm³/mol. The van der Waals surface area contributed by atoms with Gasteiger partial charge >= 0.3 is 0 Å². The summed E-state index contributed by atoms with van der Waals surface area (Å²) in [6.07, 6.45) is -0.547. The number of benzene rings is 1. The molecule has 1 saturated heterocycles. The van der Waals surface area contributed by atoms with Gasteiger partial charge in [0.15, 0.2) is 0 Å². The molecule has 1 atom stereocenters. The Kier molecular flexibility index (Phi) is 5.85. The van der Waals surface area contributed by atoms with Crippen molar-refractivity contribution >= 4 is 0 Å². The first-order valence-electron chi connectivity index (χ1n) is 7.50. The van der Waals surface area contributed by atoms with Crippen LogP contribution >= 0.6 is 0 Å². The molecule has 1 aromatic rings. The molecular formula is C16H26N2O3. The maximum absolute atomic E-state index is 9.81. The highest BCUT2D eigenvalue weighted by Gasteiger charge is 2.14. The van der Waals surface area contributed by atoms with Gasteiger partial charge < -0.3 is 19.5 Å². The van der Waals surface area contributed by atoms with Gasteiger partial charge in [-0.2, -0.15) is 0 Å². The largest absolute Gasteiger partial charge is 0.497 e. The smallest absolute Gasteiger partial charge is 0.128 e. The predicted octanol–water partition coefficient (Wildman–Crippen LogP) is 1.37. The lowest BCUT2D eigenvalue weighted by molar-refractivity contribution is 0.131. The Labute approximate surface area is 127 Å². The lowest BCUT2D eigenvalue weighted by Gasteiger charge is -2.32. The summed E-state index contributed by atoms with van der Waals surface area (Å²) < 4.78 is 11.1. The molecule has 1 aromatic carbocycles. The van der Waals surface area contributed by atoms with E-state index < -0.39 is 6.10 Å². The Balaban J connectivity index is 1.89. The molecule has 1 aliphatic heterocycles. The fourth-order valence-corrected chi connectivity index (χ4v) is 2.47. The minimum Gasteiger partial charge on any atom is -0.497 e. The number of rotatable bonds is 6. The van der Waals surface area contributed by atoms with Gasteiger partial charge in [0.2, 0.25) is 0 Å². The molecule has 0 saturated carbocycles. The number of likely N-dealkylation sites (N-methyl/N-ethyl adjacent to an activating group) is 1. The van der Waals surface area contributed by atoms with E-state index in [2.05, 4.69) is 16.8 Å². The lowest BCUT2D eigenvalue weighted by atomic mass is 10.1. The van der Waals surface area contributed by atoms with Crippen molar-refractivity contribution in [3.63, 3.8) is 0 Å². The second-order valence-electron chi connectivity index (χ2n) is 5.57. The molecule has 5 nitrogen and oxygen atoms in total. The Morgan fingerprint density at radius 3 is 2.57 bits per heavy atom. The van der Waals surface area contributed by atoms with Gasteiger partial charge in [0.1, 0.15) is 18.1 Å². The molecule has 2 rings (SSSR count). The number of nitrogens with zero attached hydrogens (tertiary/aromatic N) is 2. The van der Waals surface area contributed by atoms with Crippen molar-refractivity contribution < 1.29 is 14.6 Å². The second-order valence-corrected chi connectivity index (χ2v) is 5.57. The van der Waals surface area contributed by atoms with E-state index in [4.69, 9.17) is 9.47 Å². The maximum Gasteiger partial charge on any atom is 0.128 e. The summed E-state index contributed by atoms with van der Waals surface area (Å²) in [4.78, 5) is 4.74. The third-order valence-corrected chi connectivity index (χ3v) is 3.93. The Hall–Kier alpha value is -1.30. The Morgan fingerprint density at radius 1 is 1.24 bits per heavy atom. The fraction of sp³-hybridized carbons (Fsp3) is 0.625. The van der Waals surface area contributed by atoms with Crippen LogP contribution < -0.4 is 9.47 Å². The van der Waals surface area contributed by atoms with Crippen molar-refractivity contribution in [1.82, 2.24) is 9.80 Å². The summed E-state index contributed by atoms with van der Waals surface area (Å²) >= 11 is 0.